The Morgan fingerprint density at radius 3 is 0.346 bits per heavy atom. The van der Waals surface area contributed by atoms with Crippen molar-refractivity contribution in [2.75, 3.05) is 0 Å². The number of aliphatic carboxylic acids is 8. The molecule has 0 bridgehead atoms. The maximum absolute atomic E-state index is 10.1. The normalized spacial score (nSPS) is 18.7. The van der Waals surface area contributed by atoms with Gasteiger partial charge in [0.25, 0.3) is 0 Å². The monoisotopic (exact) mass is 780 g/mol. The lowest BCUT2D eigenvalue weighted by molar-refractivity contribution is -0.172. The molecule has 304 valence electrons. The number of carboxylic acid groups (broad SMARTS) is 8. The second kappa shape index (κ2) is 25.2. The fourth-order valence-electron chi connectivity index (χ4n) is 2.26. The summed E-state index contributed by atoms with van der Waals surface area (Å²) >= 11 is 0. The summed E-state index contributed by atoms with van der Waals surface area (Å²) in [5.74, 6) is -14.6. The maximum atomic E-state index is 10.1. The lowest BCUT2D eigenvalue weighted by Crippen LogP contribution is -2.49. The van der Waals surface area contributed by atoms with Crippen molar-refractivity contribution in [2.45, 2.75) is 85.5 Å². The molecule has 0 aliphatic heterocycles. The highest BCUT2D eigenvalue weighted by Gasteiger charge is 2.39. The van der Waals surface area contributed by atoms with Gasteiger partial charge in [-0.05, 0) is 0 Å². The van der Waals surface area contributed by atoms with Gasteiger partial charge in [0, 0.05) is 0 Å². The Morgan fingerprint density at radius 1 is 0.192 bits per heavy atom. The minimum Gasteiger partial charge on any atom is -0.479 e. The minimum atomic E-state index is -2.36. The summed E-state index contributed by atoms with van der Waals surface area (Å²) < 4.78 is 0. The predicted molar refractivity (Wildman–Crippen MR) is 145 cm³/mol. The van der Waals surface area contributed by atoms with Crippen molar-refractivity contribution in [3.8, 4) is 0 Å². The molecule has 52 heavy (non-hydrogen) atoms. The lowest BCUT2D eigenvalue weighted by atomic mass is 10.0. The molecule has 0 aromatic rings. The first-order valence-corrected chi connectivity index (χ1v) is 12.7. The van der Waals surface area contributed by atoms with Crippen LogP contribution in [0.25, 0.3) is 0 Å². The van der Waals surface area contributed by atoms with E-state index in [4.69, 9.17) is 112 Å². The van der Waals surface area contributed by atoms with Crippen LogP contribution in [0.5, 0.6) is 0 Å². The molecule has 0 radical (unpaired) electrons. The van der Waals surface area contributed by atoms with E-state index in [-0.39, 0.29) is 0 Å². The smallest absolute Gasteiger partial charge is 0.335 e. The van der Waals surface area contributed by atoms with Crippen molar-refractivity contribution in [1.82, 2.24) is 0 Å². The second-order valence-electron chi connectivity index (χ2n) is 9.21. The van der Waals surface area contributed by atoms with E-state index in [1.807, 2.05) is 0 Å². The van der Waals surface area contributed by atoms with E-state index in [0.717, 1.165) is 0 Å². The summed E-state index contributed by atoms with van der Waals surface area (Å²) in [6.07, 6.45) is -32.3. The van der Waals surface area contributed by atoms with Crippen molar-refractivity contribution < 1.29 is 151 Å². The standard InChI is InChI=1S/2C6H10O8.2C5H8O7/c2*7-1(3(9)5(11)12)2(8)4(10)6(13)14;2*6-1(2(7)4(9)10)3(8)5(11)12/h2*1-4,7-10H,(H,11,12)(H,13,14);2*1-3,6-8H,(H,9,10)(H,11,12). The van der Waals surface area contributed by atoms with Gasteiger partial charge >= 0.3 is 47.8 Å². The topological polar surface area (TPSA) is 582 Å². The van der Waals surface area contributed by atoms with Crippen molar-refractivity contribution in [3.63, 3.8) is 0 Å². The Hall–Kier alpha value is -4.80. The molecule has 12 atom stereocenters. The van der Waals surface area contributed by atoms with Crippen LogP contribution in [0.4, 0.5) is 0 Å². The summed E-state index contributed by atoms with van der Waals surface area (Å²) in [6.45, 7) is 0. The summed E-state index contributed by atoms with van der Waals surface area (Å²) in [6, 6.07) is 0. The third-order valence-electron chi connectivity index (χ3n) is 5.31. The molecule has 0 amide bonds. The quantitative estimate of drug-likeness (QED) is 0.0614. The van der Waals surface area contributed by atoms with Crippen LogP contribution >= 0.6 is 0 Å². The molecule has 0 spiro atoms. The number of aliphatic hydroxyl groups excluding tert-OH is 14. The third kappa shape index (κ3) is 19.6. The molecule has 22 N–H and O–H groups in total. The van der Waals surface area contributed by atoms with Crippen LogP contribution in [0.1, 0.15) is 0 Å². The van der Waals surface area contributed by atoms with E-state index in [9.17, 15) is 38.4 Å². The van der Waals surface area contributed by atoms with E-state index >= 15 is 0 Å². The molecule has 0 aliphatic rings. The van der Waals surface area contributed by atoms with Gasteiger partial charge in [-0.1, -0.05) is 0 Å². The average molecular weight is 781 g/mol. The fraction of sp³-hybridized carbons (Fsp3) is 0.636. The minimum absolute atomic E-state index is 1.80. The van der Waals surface area contributed by atoms with E-state index in [0.29, 0.717) is 0 Å². The zero-order valence-electron chi connectivity index (χ0n) is 25.2. The third-order valence-corrected chi connectivity index (χ3v) is 5.31. The molecule has 0 saturated carbocycles. The van der Waals surface area contributed by atoms with Crippen LogP contribution in [0.2, 0.25) is 0 Å². The molecule has 0 saturated heterocycles. The van der Waals surface area contributed by atoms with Crippen LogP contribution in [-0.2, 0) is 38.4 Å². The van der Waals surface area contributed by atoms with Gasteiger partial charge in [-0.15, -0.1) is 0 Å². The summed E-state index contributed by atoms with van der Waals surface area (Å²) in [4.78, 5) is 80.2. The Morgan fingerprint density at radius 2 is 0.269 bits per heavy atom. The van der Waals surface area contributed by atoms with Gasteiger partial charge in [-0.2, -0.15) is 0 Å². The van der Waals surface area contributed by atoms with E-state index < -0.39 is 133 Å². The van der Waals surface area contributed by atoms with Gasteiger partial charge in [-0.25, -0.2) is 38.4 Å². The van der Waals surface area contributed by atoms with Crippen LogP contribution in [0.15, 0.2) is 0 Å². The molecule has 0 aromatic heterocycles. The Labute approximate surface area is 284 Å². The molecular formula is C22H36O30. The van der Waals surface area contributed by atoms with Gasteiger partial charge in [0.1, 0.15) is 36.6 Å². The van der Waals surface area contributed by atoms with Crippen LogP contribution in [-0.4, -0.2) is 246 Å². The highest BCUT2D eigenvalue weighted by atomic mass is 16.5. The van der Waals surface area contributed by atoms with Crippen molar-refractivity contribution in [3.05, 3.63) is 0 Å². The van der Waals surface area contributed by atoms with Crippen molar-refractivity contribution >= 4 is 47.8 Å². The van der Waals surface area contributed by atoms with Crippen LogP contribution in [0.3, 0.4) is 0 Å². The predicted octanol–water partition coefficient (Wildman–Crippen LogP) is -12.3. The number of hydrogen-bond donors (Lipinski definition) is 22. The van der Waals surface area contributed by atoms with E-state index in [2.05, 4.69) is 0 Å². The molecule has 30 heteroatoms. The van der Waals surface area contributed by atoms with Gasteiger partial charge < -0.3 is 112 Å². The number of carboxylic acids is 8. The Kier molecular flexibility index (Phi) is 26.2. The molecule has 12 unspecified atom stereocenters. The number of rotatable bonds is 18. The Bertz CT molecular complexity index is 1010. The molecule has 0 aromatic carbocycles. The molecule has 0 heterocycles. The zero-order chi connectivity index (χ0) is 42.7. The highest BCUT2D eigenvalue weighted by molar-refractivity contribution is 5.78. The molecular weight excluding hydrogens is 744 g/mol. The summed E-state index contributed by atoms with van der Waals surface area (Å²) in [5.41, 5.74) is 0. The first kappa shape index (κ1) is 54.0. The maximum Gasteiger partial charge on any atom is 0.335 e. The summed E-state index contributed by atoms with van der Waals surface area (Å²) in [7, 11) is 0. The first-order valence-electron chi connectivity index (χ1n) is 12.7. The first-order chi connectivity index (χ1) is 23.3. The highest BCUT2D eigenvalue weighted by Crippen LogP contribution is 2.07. The number of hydrogen-bond acceptors (Lipinski definition) is 22. The van der Waals surface area contributed by atoms with Gasteiger partial charge in [0.15, 0.2) is 48.8 Å². The number of aliphatic hydroxyl groups is 14. The van der Waals surface area contributed by atoms with Gasteiger partial charge in [0.05, 0.1) is 0 Å². The fourth-order valence-corrected chi connectivity index (χ4v) is 2.26. The van der Waals surface area contributed by atoms with Crippen LogP contribution < -0.4 is 0 Å². The zero-order valence-corrected chi connectivity index (χ0v) is 25.2. The van der Waals surface area contributed by atoms with E-state index in [1.165, 1.54) is 0 Å². The second-order valence-corrected chi connectivity index (χ2v) is 9.21. The molecule has 0 rings (SSSR count). The van der Waals surface area contributed by atoms with Crippen molar-refractivity contribution in [1.29, 1.82) is 0 Å². The largest absolute Gasteiger partial charge is 0.479 e. The molecule has 0 aliphatic carbocycles. The van der Waals surface area contributed by atoms with E-state index in [1.54, 1.807) is 0 Å². The molecule has 0 fully saturated rings. The number of carbonyl (C=O) groups is 8. The van der Waals surface area contributed by atoms with Crippen LogP contribution in [0, 0.1) is 0 Å². The Balaban J connectivity index is -0.000000296. The SMILES string of the molecule is O=C(O)C(O)C(O)C(O)C(=O)O.O=C(O)C(O)C(O)C(O)C(=O)O.O=C(O)C(O)C(O)C(O)C(O)C(=O)O.O=C(O)C(O)C(O)C(O)C(O)C(=O)O. The van der Waals surface area contributed by atoms with Gasteiger partial charge in [-0.3, -0.25) is 0 Å². The lowest BCUT2D eigenvalue weighted by Gasteiger charge is -2.21. The summed E-state index contributed by atoms with van der Waals surface area (Å²) in [5, 5.41) is 187. The molecule has 30 nitrogen and oxygen atoms in total. The van der Waals surface area contributed by atoms with Gasteiger partial charge in [0.2, 0.25) is 0 Å². The van der Waals surface area contributed by atoms with Crippen molar-refractivity contribution in [2.24, 2.45) is 0 Å². The average Bonchev–Trinajstić information content (AvgIpc) is 3.06.